The number of rotatable bonds is 2. The maximum absolute atomic E-state index is 11.5. The number of halogens is 1. The zero-order valence-corrected chi connectivity index (χ0v) is 11.2. The highest BCUT2D eigenvalue weighted by atomic mass is 35.5. The fourth-order valence-electron chi connectivity index (χ4n) is 2.26. The van der Waals surface area contributed by atoms with E-state index in [1.807, 2.05) is 60.0 Å². The molecule has 0 radical (unpaired) electrons. The van der Waals surface area contributed by atoms with Crippen LogP contribution in [0.5, 0.6) is 0 Å². The van der Waals surface area contributed by atoms with E-state index < -0.39 is 5.24 Å². The van der Waals surface area contributed by atoms with Crippen LogP contribution in [0.2, 0.25) is 0 Å². The third kappa shape index (κ3) is 2.04. The van der Waals surface area contributed by atoms with Gasteiger partial charge in [-0.2, -0.15) is 0 Å². The Morgan fingerprint density at radius 3 is 2.42 bits per heavy atom. The van der Waals surface area contributed by atoms with Gasteiger partial charge in [0, 0.05) is 17.3 Å². The number of aryl methyl sites for hydroxylation is 1. The lowest BCUT2D eigenvalue weighted by atomic mass is 10.2. The Bertz CT molecular complexity index is 756. The van der Waals surface area contributed by atoms with Gasteiger partial charge in [-0.3, -0.25) is 4.79 Å². The first kappa shape index (κ1) is 12.0. The molecule has 19 heavy (non-hydrogen) atoms. The summed E-state index contributed by atoms with van der Waals surface area (Å²) in [7, 11) is 0. The molecule has 0 aliphatic heterocycles. The van der Waals surface area contributed by atoms with Crippen LogP contribution in [0.1, 0.15) is 15.9 Å². The molecule has 2 aromatic carbocycles. The Balaban J connectivity index is 2.29. The number of fused-ring (bicyclic) bond motifs is 1. The molecular weight excluding hydrogens is 258 g/mol. The standard InChI is InChI=1S/C16H12ClNO/c1-11-6-8-12(9-7-11)18-10-14(16(17)19)13-4-2-3-5-15(13)18/h2-10H,1H3. The largest absolute Gasteiger partial charge is 0.316 e. The molecule has 0 atom stereocenters. The lowest BCUT2D eigenvalue weighted by Crippen LogP contribution is -1.91. The highest BCUT2D eigenvalue weighted by Gasteiger charge is 2.13. The van der Waals surface area contributed by atoms with E-state index >= 15 is 0 Å². The van der Waals surface area contributed by atoms with Crippen LogP contribution in [0.3, 0.4) is 0 Å². The molecule has 0 bridgehead atoms. The van der Waals surface area contributed by atoms with Crippen molar-refractivity contribution in [3.05, 3.63) is 65.9 Å². The van der Waals surface area contributed by atoms with Gasteiger partial charge in [-0.1, -0.05) is 35.9 Å². The SMILES string of the molecule is Cc1ccc(-n2cc(C(=O)Cl)c3ccccc32)cc1. The number of carbonyl (C=O) groups excluding carboxylic acids is 1. The highest BCUT2D eigenvalue weighted by Crippen LogP contribution is 2.26. The van der Waals surface area contributed by atoms with Gasteiger partial charge in [-0.25, -0.2) is 0 Å². The topological polar surface area (TPSA) is 22.0 Å². The second-order valence-corrected chi connectivity index (χ2v) is 4.88. The minimum atomic E-state index is -0.429. The minimum absolute atomic E-state index is 0.429. The summed E-state index contributed by atoms with van der Waals surface area (Å²) in [5.74, 6) is 0. The van der Waals surface area contributed by atoms with Gasteiger partial charge in [-0.05, 0) is 36.7 Å². The first-order valence-corrected chi connectivity index (χ1v) is 6.41. The van der Waals surface area contributed by atoms with Gasteiger partial charge >= 0.3 is 0 Å². The van der Waals surface area contributed by atoms with Crippen molar-refractivity contribution >= 4 is 27.7 Å². The van der Waals surface area contributed by atoms with Crippen molar-refractivity contribution in [3.63, 3.8) is 0 Å². The quantitative estimate of drug-likeness (QED) is 0.635. The van der Waals surface area contributed by atoms with E-state index in [2.05, 4.69) is 0 Å². The molecule has 0 saturated heterocycles. The average molecular weight is 270 g/mol. The van der Waals surface area contributed by atoms with Crippen LogP contribution < -0.4 is 0 Å². The number of benzene rings is 2. The Labute approximate surface area is 116 Å². The Kier molecular flexibility index (Phi) is 2.88. The van der Waals surface area contributed by atoms with Crippen LogP contribution in [0.15, 0.2) is 54.7 Å². The fraction of sp³-hybridized carbons (Fsp3) is 0.0625. The second kappa shape index (κ2) is 4.56. The van der Waals surface area contributed by atoms with Crippen molar-refractivity contribution in [1.29, 1.82) is 0 Å². The van der Waals surface area contributed by atoms with Gasteiger partial charge < -0.3 is 4.57 Å². The van der Waals surface area contributed by atoms with Crippen molar-refractivity contribution < 1.29 is 4.79 Å². The second-order valence-electron chi connectivity index (χ2n) is 4.54. The van der Waals surface area contributed by atoms with E-state index in [-0.39, 0.29) is 0 Å². The summed E-state index contributed by atoms with van der Waals surface area (Å²) in [5, 5.41) is 0.449. The molecule has 0 aliphatic carbocycles. The molecule has 1 heterocycles. The van der Waals surface area contributed by atoms with Crippen LogP contribution in [0.4, 0.5) is 0 Å². The van der Waals surface area contributed by atoms with E-state index in [0.29, 0.717) is 5.56 Å². The van der Waals surface area contributed by atoms with Crippen molar-refractivity contribution in [2.24, 2.45) is 0 Å². The predicted octanol–water partition coefficient (Wildman–Crippen LogP) is 4.32. The molecule has 94 valence electrons. The molecule has 3 heteroatoms. The van der Waals surface area contributed by atoms with Crippen LogP contribution in [-0.2, 0) is 0 Å². The van der Waals surface area contributed by atoms with Gasteiger partial charge in [0.25, 0.3) is 5.24 Å². The molecular formula is C16H12ClNO. The third-order valence-electron chi connectivity index (χ3n) is 3.24. The van der Waals surface area contributed by atoms with Gasteiger partial charge in [-0.15, -0.1) is 0 Å². The van der Waals surface area contributed by atoms with Gasteiger partial charge in [0.15, 0.2) is 0 Å². The summed E-state index contributed by atoms with van der Waals surface area (Å²) >= 11 is 5.66. The smallest absolute Gasteiger partial charge is 0.254 e. The average Bonchev–Trinajstić information content (AvgIpc) is 2.79. The molecule has 3 rings (SSSR count). The highest BCUT2D eigenvalue weighted by molar-refractivity contribution is 6.68. The summed E-state index contributed by atoms with van der Waals surface area (Å²) < 4.78 is 1.99. The van der Waals surface area contributed by atoms with E-state index in [1.165, 1.54) is 5.56 Å². The predicted molar refractivity (Wildman–Crippen MR) is 78.2 cm³/mol. The Morgan fingerprint density at radius 1 is 1.05 bits per heavy atom. The zero-order chi connectivity index (χ0) is 13.4. The molecule has 3 aromatic rings. The molecule has 0 amide bonds. The van der Waals surface area contributed by atoms with Gasteiger partial charge in [0.2, 0.25) is 0 Å². The lowest BCUT2D eigenvalue weighted by molar-refractivity contribution is 0.108. The number of carbonyl (C=O) groups is 1. The molecule has 0 unspecified atom stereocenters. The fourth-order valence-corrected chi connectivity index (χ4v) is 2.41. The van der Waals surface area contributed by atoms with Crippen molar-refractivity contribution in [1.82, 2.24) is 4.57 Å². The van der Waals surface area contributed by atoms with E-state index in [1.54, 1.807) is 6.20 Å². The molecule has 0 saturated carbocycles. The molecule has 0 fully saturated rings. The van der Waals surface area contributed by atoms with Gasteiger partial charge in [0.1, 0.15) is 0 Å². The van der Waals surface area contributed by atoms with E-state index in [4.69, 9.17) is 11.6 Å². The molecule has 0 spiro atoms. The molecule has 1 aromatic heterocycles. The molecule has 0 N–H and O–H groups in total. The number of para-hydroxylation sites is 1. The van der Waals surface area contributed by atoms with Crippen molar-refractivity contribution in [3.8, 4) is 5.69 Å². The molecule has 2 nitrogen and oxygen atoms in total. The summed E-state index contributed by atoms with van der Waals surface area (Å²) in [6, 6.07) is 15.9. The van der Waals surface area contributed by atoms with Crippen LogP contribution >= 0.6 is 11.6 Å². The lowest BCUT2D eigenvalue weighted by Gasteiger charge is -2.05. The first-order chi connectivity index (χ1) is 9.16. The van der Waals surface area contributed by atoms with Crippen LogP contribution in [-0.4, -0.2) is 9.81 Å². The summed E-state index contributed by atoms with van der Waals surface area (Å²) in [6.07, 6.45) is 1.80. The van der Waals surface area contributed by atoms with Crippen molar-refractivity contribution in [2.75, 3.05) is 0 Å². The Hall–Kier alpha value is -2.06. The number of hydrogen-bond donors (Lipinski definition) is 0. The first-order valence-electron chi connectivity index (χ1n) is 6.04. The normalized spacial score (nSPS) is 10.8. The van der Waals surface area contributed by atoms with E-state index in [0.717, 1.165) is 16.6 Å². The van der Waals surface area contributed by atoms with Gasteiger partial charge in [0.05, 0.1) is 11.1 Å². The third-order valence-corrected chi connectivity index (χ3v) is 3.44. The summed E-state index contributed by atoms with van der Waals surface area (Å²) in [6.45, 7) is 2.05. The van der Waals surface area contributed by atoms with Crippen LogP contribution in [0.25, 0.3) is 16.6 Å². The maximum Gasteiger partial charge on any atom is 0.254 e. The number of nitrogens with zero attached hydrogens (tertiary/aromatic N) is 1. The monoisotopic (exact) mass is 269 g/mol. The zero-order valence-electron chi connectivity index (χ0n) is 10.4. The summed E-state index contributed by atoms with van der Waals surface area (Å²) in [5.41, 5.74) is 3.74. The minimum Gasteiger partial charge on any atom is -0.316 e. The number of hydrogen-bond acceptors (Lipinski definition) is 1. The Morgan fingerprint density at radius 2 is 1.74 bits per heavy atom. The maximum atomic E-state index is 11.5. The summed E-state index contributed by atoms with van der Waals surface area (Å²) in [4.78, 5) is 11.5. The number of aromatic nitrogens is 1. The van der Waals surface area contributed by atoms with Crippen LogP contribution in [0, 0.1) is 6.92 Å². The molecule has 0 aliphatic rings. The van der Waals surface area contributed by atoms with Crippen molar-refractivity contribution in [2.45, 2.75) is 6.92 Å². The van der Waals surface area contributed by atoms with E-state index in [9.17, 15) is 4.79 Å².